The fraction of sp³-hybridized carbons (Fsp3) is 0.538. The van der Waals surface area contributed by atoms with Crippen molar-refractivity contribution in [1.82, 2.24) is 0 Å². The molecule has 0 unspecified atom stereocenters. The van der Waals surface area contributed by atoms with E-state index in [0.717, 1.165) is 23.8 Å². The van der Waals surface area contributed by atoms with Crippen LogP contribution >= 0.6 is 0 Å². The molecule has 1 aromatic carbocycles. The smallest absolute Gasteiger partial charge is 0.119 e. The Morgan fingerprint density at radius 2 is 2.13 bits per heavy atom. The van der Waals surface area contributed by atoms with Gasteiger partial charge >= 0.3 is 0 Å². The number of phenols is 1. The van der Waals surface area contributed by atoms with E-state index in [1.54, 1.807) is 6.07 Å². The summed E-state index contributed by atoms with van der Waals surface area (Å²) in [6.07, 6.45) is 2.60. The summed E-state index contributed by atoms with van der Waals surface area (Å²) >= 11 is 0. The minimum Gasteiger partial charge on any atom is -0.508 e. The van der Waals surface area contributed by atoms with Crippen molar-refractivity contribution in [3.05, 3.63) is 23.8 Å². The molecule has 0 bridgehead atoms. The first-order valence-electron chi connectivity index (χ1n) is 5.62. The molecular formula is C13H18O2. The first-order valence-corrected chi connectivity index (χ1v) is 5.62. The van der Waals surface area contributed by atoms with E-state index < -0.39 is 0 Å². The van der Waals surface area contributed by atoms with Gasteiger partial charge in [-0.1, -0.05) is 13.8 Å². The molecule has 0 saturated heterocycles. The highest BCUT2D eigenvalue weighted by atomic mass is 16.5. The van der Waals surface area contributed by atoms with Crippen LogP contribution in [0.4, 0.5) is 0 Å². The molecule has 0 radical (unpaired) electrons. The third-order valence-corrected chi connectivity index (χ3v) is 2.80. The van der Waals surface area contributed by atoms with Crippen molar-refractivity contribution in [1.29, 1.82) is 0 Å². The Morgan fingerprint density at radius 3 is 2.73 bits per heavy atom. The standard InChI is InChI=1S/C13H18O2/c1-9(2)12-7-11(5-6-13(12)14)15-8-10-3-4-10/h5-7,9-10,14H,3-4,8H2,1-2H3. The van der Waals surface area contributed by atoms with E-state index in [9.17, 15) is 5.11 Å². The predicted molar refractivity (Wildman–Crippen MR) is 60.4 cm³/mol. The van der Waals surface area contributed by atoms with Gasteiger partial charge in [-0.2, -0.15) is 0 Å². The lowest BCUT2D eigenvalue weighted by Gasteiger charge is -2.11. The van der Waals surface area contributed by atoms with Crippen LogP contribution in [0.15, 0.2) is 18.2 Å². The fourth-order valence-corrected chi connectivity index (χ4v) is 1.58. The van der Waals surface area contributed by atoms with Crippen LogP contribution in [0.2, 0.25) is 0 Å². The number of phenolic OH excluding ortho intramolecular Hbond substituents is 1. The van der Waals surface area contributed by atoms with E-state index in [0.29, 0.717) is 11.7 Å². The molecule has 0 atom stereocenters. The van der Waals surface area contributed by atoms with Crippen LogP contribution < -0.4 is 4.74 Å². The lowest BCUT2D eigenvalue weighted by Crippen LogP contribution is -1.99. The van der Waals surface area contributed by atoms with Crippen molar-refractivity contribution >= 4 is 0 Å². The van der Waals surface area contributed by atoms with E-state index in [4.69, 9.17) is 4.74 Å². The molecule has 0 amide bonds. The molecule has 0 aromatic heterocycles. The molecular weight excluding hydrogens is 188 g/mol. The zero-order valence-electron chi connectivity index (χ0n) is 9.36. The highest BCUT2D eigenvalue weighted by Crippen LogP contribution is 2.32. The molecule has 0 aliphatic heterocycles. The third kappa shape index (κ3) is 2.65. The second-order valence-corrected chi connectivity index (χ2v) is 4.63. The summed E-state index contributed by atoms with van der Waals surface area (Å²) in [4.78, 5) is 0. The lowest BCUT2D eigenvalue weighted by atomic mass is 10.0. The second-order valence-electron chi connectivity index (χ2n) is 4.63. The van der Waals surface area contributed by atoms with Crippen LogP contribution in [-0.2, 0) is 0 Å². The summed E-state index contributed by atoms with van der Waals surface area (Å²) in [6.45, 7) is 4.96. The third-order valence-electron chi connectivity index (χ3n) is 2.80. The molecule has 1 aliphatic rings. The molecule has 82 valence electrons. The summed E-state index contributed by atoms with van der Waals surface area (Å²) in [5.74, 6) is 2.34. The van der Waals surface area contributed by atoms with E-state index >= 15 is 0 Å². The van der Waals surface area contributed by atoms with Gasteiger partial charge < -0.3 is 9.84 Å². The fourth-order valence-electron chi connectivity index (χ4n) is 1.58. The zero-order chi connectivity index (χ0) is 10.8. The average Bonchev–Trinajstić information content (AvgIpc) is 3.00. The first-order chi connectivity index (χ1) is 7.16. The number of aromatic hydroxyl groups is 1. The van der Waals surface area contributed by atoms with Crippen LogP contribution in [0.5, 0.6) is 11.5 Å². The van der Waals surface area contributed by atoms with Crippen LogP contribution in [0.3, 0.4) is 0 Å². The largest absolute Gasteiger partial charge is 0.508 e. The minimum absolute atomic E-state index is 0.328. The van der Waals surface area contributed by atoms with Crippen LogP contribution in [0, 0.1) is 5.92 Å². The van der Waals surface area contributed by atoms with Crippen molar-refractivity contribution < 1.29 is 9.84 Å². The van der Waals surface area contributed by atoms with E-state index in [1.165, 1.54) is 12.8 Å². The molecule has 2 nitrogen and oxygen atoms in total. The van der Waals surface area contributed by atoms with Crippen molar-refractivity contribution in [3.63, 3.8) is 0 Å². The summed E-state index contributed by atoms with van der Waals surface area (Å²) in [5, 5.41) is 9.64. The Bertz CT molecular complexity index is 340. The Balaban J connectivity index is 2.06. The van der Waals surface area contributed by atoms with Gasteiger partial charge in [0.15, 0.2) is 0 Å². The summed E-state index contributed by atoms with van der Waals surface area (Å²) in [6, 6.07) is 5.50. The highest BCUT2D eigenvalue weighted by Gasteiger charge is 2.22. The van der Waals surface area contributed by atoms with Gasteiger partial charge in [0.25, 0.3) is 0 Å². The molecule has 1 fully saturated rings. The summed E-state index contributed by atoms with van der Waals surface area (Å²) in [5.41, 5.74) is 0.961. The molecule has 0 spiro atoms. The number of rotatable bonds is 4. The van der Waals surface area contributed by atoms with Crippen LogP contribution in [0.1, 0.15) is 38.2 Å². The molecule has 2 heteroatoms. The van der Waals surface area contributed by atoms with Gasteiger partial charge in [0, 0.05) is 5.56 Å². The minimum atomic E-state index is 0.328. The van der Waals surface area contributed by atoms with Gasteiger partial charge in [-0.25, -0.2) is 0 Å². The van der Waals surface area contributed by atoms with Crippen molar-refractivity contribution in [2.24, 2.45) is 5.92 Å². The molecule has 1 N–H and O–H groups in total. The Morgan fingerprint density at radius 1 is 1.40 bits per heavy atom. The van der Waals surface area contributed by atoms with Gasteiger partial charge in [0.1, 0.15) is 11.5 Å². The molecule has 2 rings (SSSR count). The van der Waals surface area contributed by atoms with Gasteiger partial charge in [0.05, 0.1) is 6.61 Å². The van der Waals surface area contributed by atoms with Crippen molar-refractivity contribution in [2.75, 3.05) is 6.61 Å². The maximum Gasteiger partial charge on any atom is 0.119 e. The summed E-state index contributed by atoms with van der Waals surface area (Å²) < 4.78 is 5.66. The number of benzene rings is 1. The maximum absolute atomic E-state index is 9.64. The molecule has 15 heavy (non-hydrogen) atoms. The molecule has 1 aliphatic carbocycles. The monoisotopic (exact) mass is 206 g/mol. The normalized spacial score (nSPS) is 15.7. The average molecular weight is 206 g/mol. The Kier molecular flexibility index (Phi) is 2.85. The topological polar surface area (TPSA) is 29.5 Å². The first kappa shape index (κ1) is 10.3. The zero-order valence-corrected chi connectivity index (χ0v) is 9.36. The predicted octanol–water partition coefficient (Wildman–Crippen LogP) is 3.30. The lowest BCUT2D eigenvalue weighted by molar-refractivity contribution is 0.298. The SMILES string of the molecule is CC(C)c1cc(OCC2CC2)ccc1O. The molecule has 1 saturated carbocycles. The second kappa shape index (κ2) is 4.13. The maximum atomic E-state index is 9.64. The van der Waals surface area contributed by atoms with Crippen LogP contribution in [0.25, 0.3) is 0 Å². The molecule has 1 aromatic rings. The van der Waals surface area contributed by atoms with E-state index in [2.05, 4.69) is 13.8 Å². The number of hydrogen-bond acceptors (Lipinski definition) is 2. The van der Waals surface area contributed by atoms with Gasteiger partial charge in [0.2, 0.25) is 0 Å². The van der Waals surface area contributed by atoms with Crippen LogP contribution in [-0.4, -0.2) is 11.7 Å². The summed E-state index contributed by atoms with van der Waals surface area (Å²) in [7, 11) is 0. The number of ether oxygens (including phenoxy) is 1. The van der Waals surface area contributed by atoms with Gasteiger partial charge in [-0.3, -0.25) is 0 Å². The molecule has 0 heterocycles. The van der Waals surface area contributed by atoms with Gasteiger partial charge in [-0.15, -0.1) is 0 Å². The van der Waals surface area contributed by atoms with E-state index in [1.807, 2.05) is 12.1 Å². The Hall–Kier alpha value is -1.18. The van der Waals surface area contributed by atoms with Crippen molar-refractivity contribution in [3.8, 4) is 11.5 Å². The van der Waals surface area contributed by atoms with Gasteiger partial charge in [-0.05, 0) is 42.9 Å². The van der Waals surface area contributed by atoms with Crippen molar-refractivity contribution in [2.45, 2.75) is 32.6 Å². The number of hydrogen-bond donors (Lipinski definition) is 1. The van der Waals surface area contributed by atoms with E-state index in [-0.39, 0.29) is 0 Å². The Labute approximate surface area is 90.9 Å². The quantitative estimate of drug-likeness (QED) is 0.819. The highest BCUT2D eigenvalue weighted by molar-refractivity contribution is 5.41.